The fraction of sp³-hybridized carbons (Fsp3) is 0.200. The zero-order chi connectivity index (χ0) is 19.6. The van der Waals surface area contributed by atoms with Crippen LogP contribution in [-0.4, -0.2) is 16.6 Å². The van der Waals surface area contributed by atoms with Crippen LogP contribution in [-0.2, 0) is 6.54 Å². The number of benzene rings is 2. The molecule has 1 amide bonds. The first-order valence-electron chi connectivity index (χ1n) is 8.34. The Morgan fingerprint density at radius 3 is 2.63 bits per heavy atom. The fourth-order valence-corrected chi connectivity index (χ4v) is 4.43. The summed E-state index contributed by atoms with van der Waals surface area (Å²) >= 11 is 13.8. The summed E-state index contributed by atoms with van der Waals surface area (Å²) < 4.78 is 8.32. The van der Waals surface area contributed by atoms with Gasteiger partial charge in [-0.1, -0.05) is 40.6 Å². The van der Waals surface area contributed by atoms with E-state index in [1.807, 2.05) is 24.5 Å². The van der Waals surface area contributed by atoms with Crippen LogP contribution < -0.4 is 9.54 Å². The summed E-state index contributed by atoms with van der Waals surface area (Å²) in [7, 11) is 0. The zero-order valence-electron chi connectivity index (χ0n) is 14.9. The van der Waals surface area contributed by atoms with Crippen molar-refractivity contribution >= 4 is 50.7 Å². The van der Waals surface area contributed by atoms with Gasteiger partial charge in [0.15, 0.2) is 4.80 Å². The molecule has 3 rings (SSSR count). The van der Waals surface area contributed by atoms with Gasteiger partial charge in [-0.2, -0.15) is 4.99 Å². The molecule has 2 aromatic carbocycles. The second-order valence-electron chi connectivity index (χ2n) is 6.13. The fourth-order valence-electron chi connectivity index (χ4n) is 2.61. The molecule has 0 fully saturated rings. The molecule has 0 saturated heterocycles. The Morgan fingerprint density at radius 1 is 1.30 bits per heavy atom. The van der Waals surface area contributed by atoms with E-state index in [0.717, 1.165) is 10.2 Å². The van der Waals surface area contributed by atoms with E-state index in [0.29, 0.717) is 32.7 Å². The number of hydrogen-bond acceptors (Lipinski definition) is 3. The lowest BCUT2D eigenvalue weighted by molar-refractivity contribution is 0.0998. The molecule has 7 heteroatoms. The van der Waals surface area contributed by atoms with Crippen molar-refractivity contribution < 1.29 is 9.53 Å². The van der Waals surface area contributed by atoms with E-state index >= 15 is 0 Å². The van der Waals surface area contributed by atoms with Crippen LogP contribution in [0.4, 0.5) is 0 Å². The third-order valence-corrected chi connectivity index (χ3v) is 5.21. The van der Waals surface area contributed by atoms with E-state index in [-0.39, 0.29) is 12.0 Å². The SMILES string of the molecule is C=CCn1c(=NC(=O)c2ccc(OC(C)C)cc2)sc2cc(Cl)cc(Cl)c21. The van der Waals surface area contributed by atoms with E-state index in [9.17, 15) is 4.79 Å². The molecule has 1 heterocycles. The van der Waals surface area contributed by atoms with Gasteiger partial charge in [-0.05, 0) is 50.2 Å². The number of fused-ring (bicyclic) bond motifs is 1. The topological polar surface area (TPSA) is 43.6 Å². The summed E-state index contributed by atoms with van der Waals surface area (Å²) in [6.45, 7) is 8.16. The number of aromatic nitrogens is 1. The van der Waals surface area contributed by atoms with Crippen LogP contribution in [0.3, 0.4) is 0 Å². The van der Waals surface area contributed by atoms with Crippen LogP contribution in [0.15, 0.2) is 54.0 Å². The number of carbonyl (C=O) groups excluding carboxylic acids is 1. The number of carbonyl (C=O) groups is 1. The molecule has 3 aromatic rings. The zero-order valence-corrected chi connectivity index (χ0v) is 17.2. The van der Waals surface area contributed by atoms with Crippen molar-refractivity contribution in [3.8, 4) is 5.75 Å². The maximum absolute atomic E-state index is 12.6. The highest BCUT2D eigenvalue weighted by Crippen LogP contribution is 2.29. The van der Waals surface area contributed by atoms with Crippen LogP contribution in [0.1, 0.15) is 24.2 Å². The molecule has 0 N–H and O–H groups in total. The molecule has 0 aliphatic rings. The third-order valence-electron chi connectivity index (χ3n) is 3.68. The standard InChI is InChI=1S/C20H18Cl2N2O2S/c1-4-9-24-18-16(22)10-14(21)11-17(18)27-20(24)23-19(25)13-5-7-15(8-6-13)26-12(2)3/h4-8,10-12H,1,9H2,2-3H3. The summed E-state index contributed by atoms with van der Waals surface area (Å²) in [4.78, 5) is 17.5. The van der Waals surface area contributed by atoms with E-state index in [1.54, 1.807) is 36.4 Å². The number of allylic oxidation sites excluding steroid dienone is 1. The van der Waals surface area contributed by atoms with Crippen LogP contribution in [0, 0.1) is 0 Å². The van der Waals surface area contributed by atoms with Gasteiger partial charge in [0.1, 0.15) is 5.75 Å². The van der Waals surface area contributed by atoms with Crippen LogP contribution in [0.5, 0.6) is 5.75 Å². The van der Waals surface area contributed by atoms with Gasteiger partial charge in [-0.25, -0.2) is 0 Å². The van der Waals surface area contributed by atoms with Crippen LogP contribution >= 0.6 is 34.5 Å². The molecule has 0 radical (unpaired) electrons. The normalized spacial score (nSPS) is 12.0. The molecule has 0 aliphatic carbocycles. The highest BCUT2D eigenvalue weighted by Gasteiger charge is 2.12. The molecule has 27 heavy (non-hydrogen) atoms. The maximum Gasteiger partial charge on any atom is 0.279 e. The van der Waals surface area contributed by atoms with Crippen molar-refractivity contribution in [1.82, 2.24) is 4.57 Å². The van der Waals surface area contributed by atoms with Gasteiger partial charge in [0.25, 0.3) is 5.91 Å². The Kier molecular flexibility index (Phi) is 6.05. The van der Waals surface area contributed by atoms with Crippen molar-refractivity contribution in [2.75, 3.05) is 0 Å². The smallest absolute Gasteiger partial charge is 0.279 e. The second-order valence-corrected chi connectivity index (χ2v) is 7.98. The summed E-state index contributed by atoms with van der Waals surface area (Å²) in [5, 5.41) is 1.05. The second kappa shape index (κ2) is 8.30. The molecule has 0 spiro atoms. The first-order valence-corrected chi connectivity index (χ1v) is 9.91. The Hall–Kier alpha value is -2.08. The molecule has 4 nitrogen and oxygen atoms in total. The summed E-state index contributed by atoms with van der Waals surface area (Å²) in [5.74, 6) is 0.379. The average molecular weight is 421 g/mol. The predicted molar refractivity (Wildman–Crippen MR) is 112 cm³/mol. The quantitative estimate of drug-likeness (QED) is 0.495. The first-order chi connectivity index (χ1) is 12.9. The highest BCUT2D eigenvalue weighted by molar-refractivity contribution is 7.16. The third kappa shape index (κ3) is 4.43. The van der Waals surface area contributed by atoms with E-state index in [4.69, 9.17) is 27.9 Å². The Labute approximate surface area is 171 Å². The van der Waals surface area contributed by atoms with Gasteiger partial charge in [0.05, 0.1) is 21.3 Å². The lowest BCUT2D eigenvalue weighted by Gasteiger charge is -2.09. The van der Waals surface area contributed by atoms with Crippen molar-refractivity contribution in [2.45, 2.75) is 26.5 Å². The number of ether oxygens (including phenoxy) is 1. The molecule has 0 saturated carbocycles. The minimum Gasteiger partial charge on any atom is -0.491 e. The number of rotatable bonds is 5. The van der Waals surface area contributed by atoms with E-state index in [2.05, 4.69) is 11.6 Å². The number of halogens is 2. The lowest BCUT2D eigenvalue weighted by Crippen LogP contribution is -2.16. The summed E-state index contributed by atoms with van der Waals surface area (Å²) in [5.41, 5.74) is 1.27. The molecule has 140 valence electrons. The average Bonchev–Trinajstić information content (AvgIpc) is 2.92. The first kappa shape index (κ1) is 19.7. The number of hydrogen-bond donors (Lipinski definition) is 0. The number of nitrogens with zero attached hydrogens (tertiary/aromatic N) is 2. The van der Waals surface area contributed by atoms with Crippen LogP contribution in [0.25, 0.3) is 10.2 Å². The largest absolute Gasteiger partial charge is 0.491 e. The molecule has 1 aromatic heterocycles. The van der Waals surface area contributed by atoms with Gasteiger partial charge in [-0.3, -0.25) is 4.79 Å². The number of thiazole rings is 1. The molecule has 0 unspecified atom stereocenters. The highest BCUT2D eigenvalue weighted by atomic mass is 35.5. The molecular weight excluding hydrogens is 403 g/mol. The summed E-state index contributed by atoms with van der Waals surface area (Å²) in [6, 6.07) is 10.4. The van der Waals surface area contributed by atoms with Crippen molar-refractivity contribution in [3.63, 3.8) is 0 Å². The van der Waals surface area contributed by atoms with E-state index < -0.39 is 0 Å². The Balaban J connectivity index is 2.04. The number of amides is 1. The van der Waals surface area contributed by atoms with Crippen LogP contribution in [0.2, 0.25) is 10.0 Å². The van der Waals surface area contributed by atoms with Crippen molar-refractivity contribution in [3.05, 3.63) is 69.5 Å². The van der Waals surface area contributed by atoms with Gasteiger partial charge in [-0.15, -0.1) is 6.58 Å². The minimum atomic E-state index is -0.335. The summed E-state index contributed by atoms with van der Waals surface area (Å²) in [6.07, 6.45) is 1.81. The van der Waals surface area contributed by atoms with Gasteiger partial charge < -0.3 is 9.30 Å². The van der Waals surface area contributed by atoms with Gasteiger partial charge in [0.2, 0.25) is 0 Å². The predicted octanol–water partition coefficient (Wildman–Crippen LogP) is 5.72. The minimum absolute atomic E-state index is 0.0734. The monoisotopic (exact) mass is 420 g/mol. The Morgan fingerprint density at radius 2 is 2.00 bits per heavy atom. The molecular formula is C20H18Cl2N2O2S. The van der Waals surface area contributed by atoms with Gasteiger partial charge in [0, 0.05) is 17.1 Å². The van der Waals surface area contributed by atoms with Crippen molar-refractivity contribution in [2.24, 2.45) is 4.99 Å². The molecule has 0 bridgehead atoms. The van der Waals surface area contributed by atoms with Crippen molar-refractivity contribution in [1.29, 1.82) is 0 Å². The Bertz CT molecular complexity index is 1070. The van der Waals surface area contributed by atoms with Gasteiger partial charge >= 0.3 is 0 Å². The maximum atomic E-state index is 12.6. The lowest BCUT2D eigenvalue weighted by atomic mass is 10.2. The van der Waals surface area contributed by atoms with E-state index in [1.165, 1.54) is 11.3 Å². The molecule has 0 atom stereocenters. The molecule has 0 aliphatic heterocycles.